The lowest BCUT2D eigenvalue weighted by atomic mass is 10.1. The molecule has 0 aliphatic heterocycles. The van der Waals surface area contributed by atoms with Crippen LogP contribution in [0.15, 0.2) is 42.9 Å². The van der Waals surface area contributed by atoms with Crippen molar-refractivity contribution in [1.82, 2.24) is 34.7 Å². The molecular formula is C20H20F2N8O. The van der Waals surface area contributed by atoms with E-state index in [1.807, 2.05) is 13.1 Å². The van der Waals surface area contributed by atoms with E-state index in [2.05, 4.69) is 25.4 Å². The van der Waals surface area contributed by atoms with Crippen molar-refractivity contribution < 1.29 is 13.5 Å². The Labute approximate surface area is 176 Å². The van der Waals surface area contributed by atoms with E-state index in [0.717, 1.165) is 23.9 Å². The highest BCUT2D eigenvalue weighted by molar-refractivity contribution is 5.61. The maximum Gasteiger partial charge on any atom is 0.265 e. The zero-order valence-electron chi connectivity index (χ0n) is 16.9. The van der Waals surface area contributed by atoms with Gasteiger partial charge in [0.1, 0.15) is 12.4 Å². The Hall–Kier alpha value is -3.89. The number of hydrogen-bond acceptors (Lipinski definition) is 7. The molecule has 4 aromatic heterocycles. The first kappa shape index (κ1) is 20.4. The standard InChI is InChI=1S/C20H20F2N8O/c1-3-12-10-30(28-20(12)23)17-6-7-18(27-26-17)31-11-16-14(9-25-29(16)2)15-5-4-13(8-24-15)19(21)22/h4-10,19H,3,11H2,1-2H3,(H2,23,28). The van der Waals surface area contributed by atoms with Crippen molar-refractivity contribution in [3.63, 3.8) is 0 Å². The van der Waals surface area contributed by atoms with Crippen LogP contribution in [0.1, 0.15) is 30.2 Å². The normalized spacial score (nSPS) is 11.3. The van der Waals surface area contributed by atoms with Crippen LogP contribution in [0, 0.1) is 0 Å². The zero-order valence-corrected chi connectivity index (χ0v) is 16.9. The second-order valence-corrected chi connectivity index (χ2v) is 6.76. The molecule has 0 fully saturated rings. The van der Waals surface area contributed by atoms with Gasteiger partial charge in [0, 0.05) is 42.2 Å². The molecule has 0 atom stereocenters. The highest BCUT2D eigenvalue weighted by Gasteiger charge is 2.15. The number of halogens is 2. The highest BCUT2D eigenvalue weighted by Crippen LogP contribution is 2.25. The van der Waals surface area contributed by atoms with Crippen molar-refractivity contribution in [2.75, 3.05) is 5.73 Å². The molecule has 0 saturated carbocycles. The largest absolute Gasteiger partial charge is 0.470 e. The summed E-state index contributed by atoms with van der Waals surface area (Å²) in [7, 11) is 1.76. The molecule has 2 N–H and O–H groups in total. The molecule has 31 heavy (non-hydrogen) atoms. The third-order valence-electron chi connectivity index (χ3n) is 4.80. The van der Waals surface area contributed by atoms with Gasteiger partial charge >= 0.3 is 0 Å². The summed E-state index contributed by atoms with van der Waals surface area (Å²) in [5.41, 5.74) is 8.60. The van der Waals surface area contributed by atoms with E-state index < -0.39 is 6.43 Å². The van der Waals surface area contributed by atoms with E-state index in [1.54, 1.807) is 34.7 Å². The Morgan fingerprint density at radius 1 is 1.13 bits per heavy atom. The minimum absolute atomic E-state index is 0.134. The van der Waals surface area contributed by atoms with Crippen LogP contribution in [0.4, 0.5) is 14.6 Å². The number of aromatic nitrogens is 7. The molecule has 4 rings (SSSR count). The monoisotopic (exact) mass is 426 g/mol. The predicted octanol–water partition coefficient (Wildman–Crippen LogP) is 3.12. The van der Waals surface area contributed by atoms with Gasteiger partial charge in [-0.15, -0.1) is 15.3 Å². The summed E-state index contributed by atoms with van der Waals surface area (Å²) in [5, 5.41) is 16.7. The van der Waals surface area contributed by atoms with Crippen LogP contribution in [0.25, 0.3) is 17.1 Å². The summed E-state index contributed by atoms with van der Waals surface area (Å²) in [6, 6.07) is 6.29. The van der Waals surface area contributed by atoms with Crippen LogP contribution < -0.4 is 10.5 Å². The Kier molecular flexibility index (Phi) is 5.56. The van der Waals surface area contributed by atoms with Crippen molar-refractivity contribution in [2.24, 2.45) is 7.05 Å². The second-order valence-electron chi connectivity index (χ2n) is 6.76. The first-order chi connectivity index (χ1) is 15.0. The third-order valence-corrected chi connectivity index (χ3v) is 4.80. The van der Waals surface area contributed by atoms with Crippen molar-refractivity contribution in [1.29, 1.82) is 0 Å². The molecule has 4 heterocycles. The quantitative estimate of drug-likeness (QED) is 0.483. The fourth-order valence-corrected chi connectivity index (χ4v) is 3.01. The van der Waals surface area contributed by atoms with E-state index in [-0.39, 0.29) is 12.2 Å². The molecule has 0 aromatic carbocycles. The van der Waals surface area contributed by atoms with Gasteiger partial charge < -0.3 is 10.5 Å². The van der Waals surface area contributed by atoms with E-state index in [9.17, 15) is 8.78 Å². The fraction of sp³-hybridized carbons (Fsp3) is 0.250. The van der Waals surface area contributed by atoms with E-state index >= 15 is 0 Å². The lowest BCUT2D eigenvalue weighted by molar-refractivity contribution is 0.151. The number of ether oxygens (including phenoxy) is 1. The number of nitrogens with two attached hydrogens (primary N) is 1. The Morgan fingerprint density at radius 2 is 1.97 bits per heavy atom. The molecule has 0 bridgehead atoms. The Balaban J connectivity index is 1.49. The summed E-state index contributed by atoms with van der Waals surface area (Å²) in [6.45, 7) is 2.14. The molecule has 11 heteroatoms. The van der Waals surface area contributed by atoms with Crippen LogP contribution >= 0.6 is 0 Å². The first-order valence-electron chi connectivity index (χ1n) is 9.52. The SMILES string of the molecule is CCc1cn(-c2ccc(OCc3c(-c4ccc(C(F)F)cn4)cnn3C)nn2)nc1N. The molecule has 9 nitrogen and oxygen atoms in total. The van der Waals surface area contributed by atoms with Crippen molar-refractivity contribution in [3.8, 4) is 23.0 Å². The molecule has 0 unspecified atom stereocenters. The molecule has 0 spiro atoms. The average Bonchev–Trinajstić information content (AvgIpc) is 3.34. The van der Waals surface area contributed by atoms with Gasteiger partial charge in [0.15, 0.2) is 5.82 Å². The summed E-state index contributed by atoms with van der Waals surface area (Å²) in [6.07, 6.45) is 2.80. The van der Waals surface area contributed by atoms with Crippen LogP contribution in [0.5, 0.6) is 5.88 Å². The lowest BCUT2D eigenvalue weighted by Crippen LogP contribution is -2.07. The molecule has 0 aliphatic rings. The zero-order chi connectivity index (χ0) is 22.0. The number of hydrogen-bond donors (Lipinski definition) is 1. The van der Waals surface area contributed by atoms with Crippen LogP contribution in [0.3, 0.4) is 0 Å². The van der Waals surface area contributed by atoms with Gasteiger partial charge in [-0.1, -0.05) is 6.92 Å². The number of pyridine rings is 1. The van der Waals surface area contributed by atoms with Crippen LogP contribution in [-0.2, 0) is 20.1 Å². The Morgan fingerprint density at radius 3 is 2.58 bits per heavy atom. The smallest absolute Gasteiger partial charge is 0.265 e. The minimum atomic E-state index is -2.56. The predicted molar refractivity (Wildman–Crippen MR) is 109 cm³/mol. The average molecular weight is 426 g/mol. The topological polar surface area (TPSA) is 110 Å². The van der Waals surface area contributed by atoms with E-state index in [1.165, 1.54) is 12.1 Å². The van der Waals surface area contributed by atoms with Crippen molar-refractivity contribution >= 4 is 5.82 Å². The van der Waals surface area contributed by atoms with Gasteiger partial charge in [-0.2, -0.15) is 5.10 Å². The number of nitrogens with zero attached hydrogens (tertiary/aromatic N) is 7. The van der Waals surface area contributed by atoms with Crippen LogP contribution in [-0.4, -0.2) is 34.7 Å². The maximum atomic E-state index is 12.8. The number of aryl methyl sites for hydroxylation is 2. The van der Waals surface area contributed by atoms with Crippen molar-refractivity contribution in [3.05, 3.63) is 59.7 Å². The molecule has 0 radical (unpaired) electrons. The van der Waals surface area contributed by atoms with Crippen molar-refractivity contribution in [2.45, 2.75) is 26.4 Å². The number of rotatable bonds is 7. The van der Waals surface area contributed by atoms with E-state index in [0.29, 0.717) is 28.8 Å². The van der Waals surface area contributed by atoms with Crippen LogP contribution in [0.2, 0.25) is 0 Å². The molecule has 160 valence electrons. The molecule has 0 aliphatic carbocycles. The van der Waals surface area contributed by atoms with Gasteiger partial charge in [-0.3, -0.25) is 9.67 Å². The van der Waals surface area contributed by atoms with Gasteiger partial charge in [0.25, 0.3) is 6.43 Å². The second kappa shape index (κ2) is 8.46. The third kappa shape index (κ3) is 4.20. The highest BCUT2D eigenvalue weighted by atomic mass is 19.3. The number of nitrogen functional groups attached to an aromatic ring is 1. The van der Waals surface area contributed by atoms with E-state index in [4.69, 9.17) is 10.5 Å². The van der Waals surface area contributed by atoms with Gasteiger partial charge in [-0.25, -0.2) is 13.5 Å². The Bertz CT molecular complexity index is 1170. The maximum absolute atomic E-state index is 12.8. The fourth-order valence-electron chi connectivity index (χ4n) is 3.01. The number of anilines is 1. The summed E-state index contributed by atoms with van der Waals surface area (Å²) >= 11 is 0. The summed E-state index contributed by atoms with van der Waals surface area (Å²) in [4.78, 5) is 4.12. The van der Waals surface area contributed by atoms with Gasteiger partial charge in [0.2, 0.25) is 5.88 Å². The first-order valence-corrected chi connectivity index (χ1v) is 9.52. The molecule has 0 amide bonds. The minimum Gasteiger partial charge on any atom is -0.470 e. The summed E-state index contributed by atoms with van der Waals surface area (Å²) in [5.74, 6) is 1.29. The molecule has 4 aromatic rings. The molecule has 0 saturated heterocycles. The molecular weight excluding hydrogens is 406 g/mol. The van der Waals surface area contributed by atoms with Gasteiger partial charge in [-0.05, 0) is 24.6 Å². The summed E-state index contributed by atoms with van der Waals surface area (Å²) < 4.78 is 34.5. The van der Waals surface area contributed by atoms with Gasteiger partial charge in [0.05, 0.1) is 17.6 Å². The number of alkyl halides is 2. The lowest BCUT2D eigenvalue weighted by Gasteiger charge is -2.09.